The van der Waals surface area contributed by atoms with Gasteiger partial charge in [0.2, 0.25) is 0 Å². The molecule has 1 aromatic heterocycles. The molecule has 4 heteroatoms. The van der Waals surface area contributed by atoms with Gasteiger partial charge in [0.15, 0.2) is 5.78 Å². The lowest BCUT2D eigenvalue weighted by Gasteiger charge is -2.10. The first kappa shape index (κ1) is 11.7. The first-order chi connectivity index (χ1) is 7.06. The van der Waals surface area contributed by atoms with E-state index in [9.17, 15) is 4.79 Å². The molecule has 0 aliphatic heterocycles. The summed E-state index contributed by atoms with van der Waals surface area (Å²) in [5.41, 5.74) is 12.7. The fourth-order valence-electron chi connectivity index (χ4n) is 1.42. The van der Waals surface area contributed by atoms with Crippen molar-refractivity contribution in [3.63, 3.8) is 0 Å². The van der Waals surface area contributed by atoms with Crippen molar-refractivity contribution in [3.8, 4) is 0 Å². The topological polar surface area (TPSA) is 82.0 Å². The van der Waals surface area contributed by atoms with Crippen LogP contribution in [0.3, 0.4) is 0 Å². The molecule has 0 fully saturated rings. The number of hydrogen-bond donors (Lipinski definition) is 2. The second kappa shape index (κ2) is 4.89. The van der Waals surface area contributed by atoms with Crippen LogP contribution in [0.2, 0.25) is 0 Å². The zero-order valence-electron chi connectivity index (χ0n) is 9.16. The quantitative estimate of drug-likeness (QED) is 0.729. The van der Waals surface area contributed by atoms with Crippen molar-refractivity contribution in [3.05, 3.63) is 23.4 Å². The van der Waals surface area contributed by atoms with Gasteiger partial charge in [-0.25, -0.2) is 4.98 Å². The fourth-order valence-corrected chi connectivity index (χ4v) is 1.42. The molecule has 1 unspecified atom stereocenters. The van der Waals surface area contributed by atoms with Crippen LogP contribution in [0.15, 0.2) is 12.3 Å². The van der Waals surface area contributed by atoms with Crippen LogP contribution >= 0.6 is 0 Å². The maximum Gasteiger partial charge on any atom is 0.183 e. The molecule has 1 heterocycles. The summed E-state index contributed by atoms with van der Waals surface area (Å²) in [5, 5.41) is 0. The highest BCUT2D eigenvalue weighted by molar-refractivity contribution is 6.03. The van der Waals surface area contributed by atoms with Crippen LogP contribution in [0.4, 0.5) is 5.82 Å². The minimum atomic E-state index is -0.471. The highest BCUT2D eigenvalue weighted by Gasteiger charge is 2.17. The molecule has 0 radical (unpaired) electrons. The number of nitrogens with zero attached hydrogens (tertiary/aromatic N) is 1. The molecule has 1 rings (SSSR count). The minimum Gasteiger partial charge on any atom is -0.383 e. The standard InChI is InChI=1S/C11H17N3O/c1-3-4-9(12)10(15)8-5-7(2)6-14-11(8)13/h5-6,9H,3-4,12H2,1-2H3,(H2,13,14). The Kier molecular flexibility index (Phi) is 3.80. The van der Waals surface area contributed by atoms with E-state index >= 15 is 0 Å². The summed E-state index contributed by atoms with van der Waals surface area (Å²) in [4.78, 5) is 15.8. The maximum absolute atomic E-state index is 11.9. The zero-order chi connectivity index (χ0) is 11.4. The SMILES string of the molecule is CCCC(N)C(=O)c1cc(C)cnc1N. The smallest absolute Gasteiger partial charge is 0.183 e. The number of rotatable bonds is 4. The van der Waals surface area contributed by atoms with Crippen molar-refractivity contribution >= 4 is 11.6 Å². The molecular formula is C11H17N3O. The second-order valence-corrected chi connectivity index (χ2v) is 3.70. The van der Waals surface area contributed by atoms with E-state index in [0.29, 0.717) is 12.0 Å². The van der Waals surface area contributed by atoms with Gasteiger partial charge in [0, 0.05) is 6.20 Å². The van der Waals surface area contributed by atoms with Crippen molar-refractivity contribution in [2.75, 3.05) is 5.73 Å². The van der Waals surface area contributed by atoms with Gasteiger partial charge in [-0.2, -0.15) is 0 Å². The number of ketones is 1. The number of nitrogen functional groups attached to an aromatic ring is 1. The molecule has 0 aliphatic rings. The third-order valence-electron chi connectivity index (χ3n) is 2.26. The Labute approximate surface area is 89.7 Å². The van der Waals surface area contributed by atoms with E-state index in [4.69, 9.17) is 11.5 Å². The molecule has 0 saturated carbocycles. The first-order valence-electron chi connectivity index (χ1n) is 5.08. The van der Waals surface area contributed by atoms with Crippen LogP contribution in [0.5, 0.6) is 0 Å². The summed E-state index contributed by atoms with van der Waals surface area (Å²) in [6.45, 7) is 3.86. The van der Waals surface area contributed by atoms with Gasteiger partial charge < -0.3 is 11.5 Å². The second-order valence-electron chi connectivity index (χ2n) is 3.70. The average Bonchev–Trinajstić information content (AvgIpc) is 2.21. The highest BCUT2D eigenvalue weighted by atomic mass is 16.1. The van der Waals surface area contributed by atoms with E-state index in [1.54, 1.807) is 12.3 Å². The third-order valence-corrected chi connectivity index (χ3v) is 2.26. The van der Waals surface area contributed by atoms with Crippen molar-refractivity contribution in [1.29, 1.82) is 0 Å². The lowest BCUT2D eigenvalue weighted by Crippen LogP contribution is -2.31. The van der Waals surface area contributed by atoms with Crippen LogP contribution < -0.4 is 11.5 Å². The van der Waals surface area contributed by atoms with Gasteiger partial charge >= 0.3 is 0 Å². The van der Waals surface area contributed by atoms with E-state index < -0.39 is 6.04 Å². The number of aryl methyl sites for hydroxylation is 1. The third kappa shape index (κ3) is 2.76. The van der Waals surface area contributed by atoms with Gasteiger partial charge in [0.1, 0.15) is 5.82 Å². The van der Waals surface area contributed by atoms with Gasteiger partial charge in [0.25, 0.3) is 0 Å². The Hall–Kier alpha value is -1.42. The zero-order valence-corrected chi connectivity index (χ0v) is 9.16. The number of anilines is 1. The number of hydrogen-bond acceptors (Lipinski definition) is 4. The number of nitrogens with two attached hydrogens (primary N) is 2. The molecule has 0 spiro atoms. The molecule has 15 heavy (non-hydrogen) atoms. The monoisotopic (exact) mass is 207 g/mol. The number of Topliss-reactive ketones (excluding diaryl/α,β-unsaturated/α-hetero) is 1. The van der Waals surface area contributed by atoms with Crippen LogP contribution in [-0.4, -0.2) is 16.8 Å². The number of pyridine rings is 1. The Morgan fingerprint density at radius 3 is 2.87 bits per heavy atom. The molecule has 4 nitrogen and oxygen atoms in total. The van der Waals surface area contributed by atoms with Gasteiger partial charge in [-0.3, -0.25) is 4.79 Å². The minimum absolute atomic E-state index is 0.120. The summed E-state index contributed by atoms with van der Waals surface area (Å²) in [6.07, 6.45) is 3.19. The van der Waals surface area contributed by atoms with Gasteiger partial charge in [0.05, 0.1) is 11.6 Å². The van der Waals surface area contributed by atoms with Gasteiger partial charge in [-0.15, -0.1) is 0 Å². The van der Waals surface area contributed by atoms with Crippen LogP contribution in [0, 0.1) is 6.92 Å². The van der Waals surface area contributed by atoms with Crippen molar-refractivity contribution in [2.45, 2.75) is 32.7 Å². The van der Waals surface area contributed by atoms with Crippen LogP contribution in [-0.2, 0) is 0 Å². The van der Waals surface area contributed by atoms with E-state index in [1.807, 2.05) is 13.8 Å². The van der Waals surface area contributed by atoms with E-state index in [-0.39, 0.29) is 11.6 Å². The molecule has 0 amide bonds. The number of carbonyl (C=O) groups excluding carboxylic acids is 1. The van der Waals surface area contributed by atoms with E-state index in [1.165, 1.54) is 0 Å². The van der Waals surface area contributed by atoms with Crippen molar-refractivity contribution in [2.24, 2.45) is 5.73 Å². The van der Waals surface area contributed by atoms with Crippen molar-refractivity contribution < 1.29 is 4.79 Å². The maximum atomic E-state index is 11.9. The molecule has 0 aromatic carbocycles. The van der Waals surface area contributed by atoms with Gasteiger partial charge in [-0.1, -0.05) is 13.3 Å². The molecule has 4 N–H and O–H groups in total. The average molecular weight is 207 g/mol. The van der Waals surface area contributed by atoms with E-state index in [0.717, 1.165) is 12.0 Å². The van der Waals surface area contributed by atoms with Gasteiger partial charge in [-0.05, 0) is 25.0 Å². The molecular weight excluding hydrogens is 190 g/mol. The lowest BCUT2D eigenvalue weighted by atomic mass is 10.0. The summed E-state index contributed by atoms with van der Waals surface area (Å²) in [5.74, 6) is 0.141. The Bertz CT molecular complexity index is 363. The van der Waals surface area contributed by atoms with Crippen LogP contribution in [0.1, 0.15) is 35.7 Å². The fraction of sp³-hybridized carbons (Fsp3) is 0.455. The number of carbonyl (C=O) groups is 1. The Balaban J connectivity index is 2.95. The molecule has 82 valence electrons. The van der Waals surface area contributed by atoms with Crippen LogP contribution in [0.25, 0.3) is 0 Å². The summed E-state index contributed by atoms with van der Waals surface area (Å²) < 4.78 is 0. The largest absolute Gasteiger partial charge is 0.383 e. The normalized spacial score (nSPS) is 12.5. The predicted octanol–water partition coefficient (Wildman–Crippen LogP) is 1.28. The lowest BCUT2D eigenvalue weighted by molar-refractivity contribution is 0.0957. The summed E-state index contributed by atoms with van der Waals surface area (Å²) >= 11 is 0. The molecule has 0 saturated heterocycles. The molecule has 0 bridgehead atoms. The number of aromatic nitrogens is 1. The predicted molar refractivity (Wildman–Crippen MR) is 60.6 cm³/mol. The highest BCUT2D eigenvalue weighted by Crippen LogP contribution is 2.13. The summed E-state index contributed by atoms with van der Waals surface area (Å²) in [7, 11) is 0. The Morgan fingerprint density at radius 1 is 1.60 bits per heavy atom. The molecule has 0 aliphatic carbocycles. The first-order valence-corrected chi connectivity index (χ1v) is 5.08. The van der Waals surface area contributed by atoms with Crippen molar-refractivity contribution in [1.82, 2.24) is 4.98 Å². The summed E-state index contributed by atoms with van der Waals surface area (Å²) in [6, 6.07) is 1.26. The molecule has 1 atom stereocenters. The van der Waals surface area contributed by atoms with E-state index in [2.05, 4.69) is 4.98 Å². The Morgan fingerprint density at radius 2 is 2.27 bits per heavy atom. The molecule has 1 aromatic rings.